The van der Waals surface area contributed by atoms with Gasteiger partial charge in [0.1, 0.15) is 0 Å². The molecule has 0 spiro atoms. The van der Waals surface area contributed by atoms with Gasteiger partial charge in [0.2, 0.25) is 0 Å². The highest BCUT2D eigenvalue weighted by atomic mass is 32.1. The van der Waals surface area contributed by atoms with E-state index in [9.17, 15) is 0 Å². The van der Waals surface area contributed by atoms with Crippen molar-refractivity contribution in [3.8, 4) is 44.5 Å². The highest BCUT2D eigenvalue weighted by molar-refractivity contribution is 7.59. The van der Waals surface area contributed by atoms with Gasteiger partial charge in [0.05, 0.1) is 11.7 Å². The van der Waals surface area contributed by atoms with Crippen molar-refractivity contribution in [3.63, 3.8) is 0 Å². The lowest BCUT2D eigenvalue weighted by Gasteiger charge is -2.23. The van der Waals surface area contributed by atoms with Gasteiger partial charge in [-0.3, -0.25) is 9.98 Å². The first-order valence-electron chi connectivity index (χ1n) is 24.5. The Bertz CT molecular complexity index is 2980. The Hall–Kier alpha value is -6.88. The molecule has 3 nitrogen and oxygen atoms in total. The van der Waals surface area contributed by atoms with Gasteiger partial charge in [-0.2, -0.15) is 13.5 Å². The maximum Gasteiger partial charge on any atom is 0.155 e. The summed E-state index contributed by atoms with van der Waals surface area (Å²) in [7, 11) is 0. The predicted molar refractivity (Wildman–Crippen MR) is 318 cm³/mol. The molecule has 1 aliphatic carbocycles. The van der Waals surface area contributed by atoms with Crippen LogP contribution in [0.1, 0.15) is 125 Å². The van der Waals surface area contributed by atoms with Crippen LogP contribution in [0.4, 0.5) is 5.69 Å². The predicted octanol–water partition coefficient (Wildman–Crippen LogP) is 19.5. The third kappa shape index (κ3) is 13.0. The van der Waals surface area contributed by atoms with Gasteiger partial charge in [0.25, 0.3) is 0 Å². The van der Waals surface area contributed by atoms with Gasteiger partial charge >= 0.3 is 0 Å². The molecule has 70 heavy (non-hydrogen) atoms. The molecule has 0 amide bonds. The number of benzene rings is 6. The van der Waals surface area contributed by atoms with Crippen molar-refractivity contribution in [1.29, 1.82) is 0 Å². The molecule has 358 valence electrons. The Morgan fingerprint density at radius 1 is 0.686 bits per heavy atom. The average Bonchev–Trinajstić information content (AvgIpc) is 3.36. The summed E-state index contributed by atoms with van der Waals surface area (Å²) in [5.41, 5.74) is 20.7. The maximum atomic E-state index is 5.39. The summed E-state index contributed by atoms with van der Waals surface area (Å²) >= 11 is 0. The van der Waals surface area contributed by atoms with E-state index >= 15 is 0 Å². The van der Waals surface area contributed by atoms with E-state index < -0.39 is 0 Å². The number of unbranched alkanes of at least 4 members (excludes halogenated alkanes) is 1. The van der Waals surface area contributed by atoms with Crippen molar-refractivity contribution in [2.45, 2.75) is 94.5 Å². The molecule has 6 aromatic carbocycles. The number of aryl methyl sites for hydroxylation is 2. The molecule has 0 saturated heterocycles. The molecule has 0 fully saturated rings. The fourth-order valence-corrected chi connectivity index (χ4v) is 8.49. The fraction of sp³-hybridized carbons (Fsp3) is 0.227. The zero-order valence-electron chi connectivity index (χ0n) is 43.3. The molecular formula is C66H73N3S. The molecule has 0 aliphatic heterocycles. The standard InChI is InChI=1S/C62H61N3.C4H10.H2S/c1-12-18-58-56(15-4)55(14-3)45(13-2)40-59(58)50-31-27-48(28-32-50)54-38-52(37-53(39-54)47-25-29-49(30-26-47)57-20-17-19-42(7)60(57)63-16-5)44(9)65-61(51-33-35-62(10,11)36-34-51)64-43(8)46-23-21-41(6)22-24-46;1-3-4-2;/h12-35,37-40,43H,2-4,36H2,1,5-11H3;3-4H2,1-2H3;1H2/b18-12-,63-16?,64-61?,65-44?;;. The Balaban J connectivity index is 0.00000176. The van der Waals surface area contributed by atoms with Crippen LogP contribution >= 0.6 is 13.5 Å². The van der Waals surface area contributed by atoms with E-state index in [1.807, 2.05) is 38.3 Å². The summed E-state index contributed by atoms with van der Waals surface area (Å²) in [5.74, 6) is 0.740. The molecule has 0 bridgehead atoms. The van der Waals surface area contributed by atoms with Crippen LogP contribution in [0.5, 0.6) is 0 Å². The molecule has 0 aromatic heterocycles. The maximum absolute atomic E-state index is 5.39. The van der Waals surface area contributed by atoms with Crippen LogP contribution in [0.15, 0.2) is 180 Å². The molecule has 7 rings (SSSR count). The van der Waals surface area contributed by atoms with Crippen LogP contribution in [0.25, 0.3) is 68.8 Å². The summed E-state index contributed by atoms with van der Waals surface area (Å²) in [6.45, 7) is 33.8. The van der Waals surface area contributed by atoms with Crippen molar-refractivity contribution >= 4 is 61.2 Å². The monoisotopic (exact) mass is 940 g/mol. The van der Waals surface area contributed by atoms with Crippen molar-refractivity contribution in [2.75, 3.05) is 0 Å². The number of hydrogen-bond donors (Lipinski definition) is 0. The summed E-state index contributed by atoms with van der Waals surface area (Å²) in [5, 5.41) is 0. The van der Waals surface area contributed by atoms with Gasteiger partial charge in [-0.1, -0.05) is 205 Å². The minimum atomic E-state index is -0.0753. The third-order valence-corrected chi connectivity index (χ3v) is 12.8. The summed E-state index contributed by atoms with van der Waals surface area (Å²) in [4.78, 5) is 15.4. The molecule has 0 heterocycles. The molecule has 6 aromatic rings. The lowest BCUT2D eigenvalue weighted by molar-refractivity contribution is 0.483. The summed E-state index contributed by atoms with van der Waals surface area (Å²) < 4.78 is 0. The lowest BCUT2D eigenvalue weighted by atomic mass is 9.84. The smallest absolute Gasteiger partial charge is 0.155 e. The normalized spacial score (nSPS) is 13.8. The molecule has 1 atom stereocenters. The van der Waals surface area contributed by atoms with Gasteiger partial charge in [-0.05, 0) is 156 Å². The van der Waals surface area contributed by atoms with E-state index in [2.05, 4.69) is 221 Å². The number of allylic oxidation sites excluding steroid dienone is 3. The minimum absolute atomic E-state index is 0. The van der Waals surface area contributed by atoms with Crippen LogP contribution in [-0.2, 0) is 0 Å². The zero-order valence-corrected chi connectivity index (χ0v) is 44.3. The highest BCUT2D eigenvalue weighted by Crippen LogP contribution is 2.38. The van der Waals surface area contributed by atoms with Crippen LogP contribution in [-0.4, -0.2) is 17.8 Å². The van der Waals surface area contributed by atoms with Crippen LogP contribution in [0, 0.1) is 19.3 Å². The van der Waals surface area contributed by atoms with E-state index in [0.29, 0.717) is 0 Å². The van der Waals surface area contributed by atoms with Crippen LogP contribution in [0.2, 0.25) is 0 Å². The first-order chi connectivity index (χ1) is 33.3. The fourth-order valence-electron chi connectivity index (χ4n) is 8.49. The number of para-hydroxylation sites is 1. The Kier molecular flexibility index (Phi) is 19.4. The Labute approximate surface area is 427 Å². The Morgan fingerprint density at radius 2 is 1.27 bits per heavy atom. The SMILES string of the molecule is C=Cc1cc(-c2ccc(-c3cc(C(C)=NC(=NC(C)c4ccc(C)cc4)C4=CCC(C)(C)C=C4)cc(-c4ccc(-c5cccc(C)c5N=CC)cc4)c3)cc2)c(/C=C\C)c(C=C)c1C=C.CCCC.S. The van der Waals surface area contributed by atoms with Gasteiger partial charge in [-0.15, -0.1) is 0 Å². The van der Waals surface area contributed by atoms with E-state index in [0.717, 1.165) is 113 Å². The summed E-state index contributed by atoms with van der Waals surface area (Å²) in [6.07, 6.45) is 22.1. The van der Waals surface area contributed by atoms with Crippen molar-refractivity contribution in [3.05, 3.63) is 209 Å². The van der Waals surface area contributed by atoms with Crippen molar-refractivity contribution in [2.24, 2.45) is 20.4 Å². The lowest BCUT2D eigenvalue weighted by Crippen LogP contribution is -2.13. The van der Waals surface area contributed by atoms with Gasteiger partial charge in [0, 0.05) is 23.1 Å². The Morgan fingerprint density at radius 3 is 1.79 bits per heavy atom. The second kappa shape index (κ2) is 25.1. The number of nitrogens with zero attached hydrogens (tertiary/aromatic N) is 3. The molecule has 4 heteroatoms. The van der Waals surface area contributed by atoms with Crippen molar-refractivity contribution < 1.29 is 0 Å². The van der Waals surface area contributed by atoms with E-state index in [-0.39, 0.29) is 25.0 Å². The largest absolute Gasteiger partial charge is 0.261 e. The number of aliphatic imine (C=N–C) groups is 3. The third-order valence-electron chi connectivity index (χ3n) is 12.8. The average molecular weight is 940 g/mol. The number of rotatable bonds is 14. The molecule has 1 unspecified atom stereocenters. The zero-order chi connectivity index (χ0) is 49.7. The van der Waals surface area contributed by atoms with E-state index in [4.69, 9.17) is 15.0 Å². The highest BCUT2D eigenvalue weighted by Gasteiger charge is 2.20. The van der Waals surface area contributed by atoms with Gasteiger partial charge < -0.3 is 0 Å². The molecule has 0 radical (unpaired) electrons. The second-order valence-electron chi connectivity index (χ2n) is 18.6. The first-order valence-corrected chi connectivity index (χ1v) is 24.5. The van der Waals surface area contributed by atoms with Crippen molar-refractivity contribution in [1.82, 2.24) is 0 Å². The molecular weight excluding hydrogens is 867 g/mol. The quantitative estimate of drug-likeness (QED) is 0.0771. The first kappa shape index (κ1) is 54.1. The van der Waals surface area contributed by atoms with Gasteiger partial charge in [0.15, 0.2) is 5.84 Å². The van der Waals surface area contributed by atoms with E-state index in [1.165, 1.54) is 18.4 Å². The van der Waals surface area contributed by atoms with E-state index in [1.54, 1.807) is 0 Å². The van der Waals surface area contributed by atoms with Crippen LogP contribution < -0.4 is 0 Å². The molecule has 0 saturated carbocycles. The molecule has 0 N–H and O–H groups in total. The number of hydrogen-bond acceptors (Lipinski definition) is 2. The molecule has 1 aliphatic rings. The van der Waals surface area contributed by atoms with Gasteiger partial charge in [-0.25, -0.2) is 4.99 Å². The topological polar surface area (TPSA) is 37.1 Å². The second-order valence-corrected chi connectivity index (χ2v) is 18.6. The minimum Gasteiger partial charge on any atom is -0.261 e. The summed E-state index contributed by atoms with van der Waals surface area (Å²) in [6, 6.07) is 41.7. The van der Waals surface area contributed by atoms with Crippen LogP contribution in [0.3, 0.4) is 0 Å². The number of amidine groups is 1.